The Bertz CT molecular complexity index is 623. The second-order valence-corrected chi connectivity index (χ2v) is 4.94. The number of aromatic amines is 1. The number of rotatable bonds is 5. The zero-order valence-corrected chi connectivity index (χ0v) is 12.3. The highest BCUT2D eigenvalue weighted by molar-refractivity contribution is 5.90. The maximum atomic E-state index is 12.0. The van der Waals surface area contributed by atoms with Crippen LogP contribution in [0.5, 0.6) is 5.75 Å². The Hall–Kier alpha value is -2.57. The highest BCUT2D eigenvalue weighted by Crippen LogP contribution is 2.25. The number of ether oxygens (including phenoxy) is 1. The van der Waals surface area contributed by atoms with Crippen molar-refractivity contribution in [2.45, 2.75) is 32.9 Å². The van der Waals surface area contributed by atoms with Gasteiger partial charge < -0.3 is 15.8 Å². The summed E-state index contributed by atoms with van der Waals surface area (Å²) in [4.78, 5) is 15.8. The molecule has 1 atom stereocenters. The van der Waals surface area contributed by atoms with Crippen molar-refractivity contribution in [1.82, 2.24) is 20.5 Å². The average Bonchev–Trinajstić information content (AvgIpc) is 2.85. The molecule has 1 heterocycles. The summed E-state index contributed by atoms with van der Waals surface area (Å²) in [7, 11) is 0. The number of carbonyl (C=O) groups excluding carboxylic acids is 1. The first kappa shape index (κ1) is 14.8. The molecule has 0 fully saturated rings. The molecule has 0 aliphatic carbocycles. The third kappa shape index (κ3) is 3.71. The van der Waals surface area contributed by atoms with Crippen LogP contribution in [0.1, 0.15) is 43.0 Å². The van der Waals surface area contributed by atoms with Crippen LogP contribution < -0.4 is 15.8 Å². The molecule has 1 amide bonds. The Balaban J connectivity index is 2.13. The molecule has 0 bridgehead atoms. The SMILES string of the molecule is CC(C)Oc1ccccc1C(C)NC(=O)c1nc(N)n[nH]1. The maximum absolute atomic E-state index is 12.0. The predicted octanol–water partition coefficient (Wildman–Crippen LogP) is 1.67. The standard InChI is InChI=1S/C14H19N5O2/c1-8(2)21-11-7-5-4-6-10(11)9(3)16-13(20)12-17-14(15)19-18-12/h4-9H,1-3H3,(H,16,20)(H3,15,17,18,19). The molecule has 1 aromatic heterocycles. The molecule has 112 valence electrons. The van der Waals surface area contributed by atoms with E-state index in [0.717, 1.165) is 11.3 Å². The number of para-hydroxylation sites is 1. The highest BCUT2D eigenvalue weighted by Gasteiger charge is 2.17. The Morgan fingerprint density at radius 1 is 1.33 bits per heavy atom. The Morgan fingerprint density at radius 3 is 2.67 bits per heavy atom. The number of carbonyl (C=O) groups is 1. The van der Waals surface area contributed by atoms with Gasteiger partial charge in [0.15, 0.2) is 0 Å². The molecule has 1 unspecified atom stereocenters. The molecule has 2 aromatic rings. The normalized spacial score (nSPS) is 12.2. The molecule has 4 N–H and O–H groups in total. The van der Waals surface area contributed by atoms with Crippen molar-refractivity contribution in [1.29, 1.82) is 0 Å². The number of hydrogen-bond donors (Lipinski definition) is 3. The lowest BCUT2D eigenvalue weighted by Crippen LogP contribution is -2.28. The topological polar surface area (TPSA) is 106 Å². The smallest absolute Gasteiger partial charge is 0.289 e. The number of nitrogens with two attached hydrogens (primary N) is 1. The molecule has 21 heavy (non-hydrogen) atoms. The number of nitrogens with zero attached hydrogens (tertiary/aromatic N) is 2. The van der Waals surface area contributed by atoms with Gasteiger partial charge in [0, 0.05) is 5.56 Å². The summed E-state index contributed by atoms with van der Waals surface area (Å²) >= 11 is 0. The fourth-order valence-corrected chi connectivity index (χ4v) is 1.92. The van der Waals surface area contributed by atoms with Crippen LogP contribution in [0, 0.1) is 0 Å². The first-order valence-corrected chi connectivity index (χ1v) is 6.71. The highest BCUT2D eigenvalue weighted by atomic mass is 16.5. The van der Waals surface area contributed by atoms with Crippen LogP contribution in [0.2, 0.25) is 0 Å². The minimum absolute atomic E-state index is 0.0383. The van der Waals surface area contributed by atoms with Gasteiger partial charge in [0.25, 0.3) is 5.91 Å². The third-order valence-electron chi connectivity index (χ3n) is 2.81. The number of amides is 1. The quantitative estimate of drug-likeness (QED) is 0.776. The fourth-order valence-electron chi connectivity index (χ4n) is 1.92. The van der Waals surface area contributed by atoms with Crippen molar-refractivity contribution in [3.05, 3.63) is 35.7 Å². The summed E-state index contributed by atoms with van der Waals surface area (Å²) < 4.78 is 5.75. The van der Waals surface area contributed by atoms with E-state index in [4.69, 9.17) is 10.5 Å². The second-order valence-electron chi connectivity index (χ2n) is 4.94. The van der Waals surface area contributed by atoms with Crippen molar-refractivity contribution in [2.24, 2.45) is 0 Å². The summed E-state index contributed by atoms with van der Waals surface area (Å²) in [5.74, 6) is 0.501. The molecular formula is C14H19N5O2. The van der Waals surface area contributed by atoms with Gasteiger partial charge in [-0.3, -0.25) is 9.89 Å². The number of H-pyrrole nitrogens is 1. The summed E-state index contributed by atoms with van der Waals surface area (Å²) in [6, 6.07) is 7.35. The van der Waals surface area contributed by atoms with Crippen molar-refractivity contribution in [3.63, 3.8) is 0 Å². The molecule has 2 rings (SSSR count). The monoisotopic (exact) mass is 289 g/mol. The van der Waals surface area contributed by atoms with Crippen LogP contribution in [0.3, 0.4) is 0 Å². The van der Waals surface area contributed by atoms with Gasteiger partial charge in [0.2, 0.25) is 11.8 Å². The van der Waals surface area contributed by atoms with Crippen LogP contribution in [0.25, 0.3) is 0 Å². The van der Waals surface area contributed by atoms with E-state index < -0.39 is 0 Å². The van der Waals surface area contributed by atoms with Crippen LogP contribution in [-0.4, -0.2) is 27.2 Å². The van der Waals surface area contributed by atoms with E-state index in [1.165, 1.54) is 0 Å². The van der Waals surface area contributed by atoms with Gasteiger partial charge in [-0.2, -0.15) is 4.98 Å². The molecule has 0 radical (unpaired) electrons. The van der Waals surface area contributed by atoms with Gasteiger partial charge in [-0.05, 0) is 26.8 Å². The largest absolute Gasteiger partial charge is 0.491 e. The lowest BCUT2D eigenvalue weighted by atomic mass is 10.1. The van der Waals surface area contributed by atoms with Gasteiger partial charge in [0.05, 0.1) is 12.1 Å². The summed E-state index contributed by atoms with van der Waals surface area (Å²) in [6.45, 7) is 5.79. The van der Waals surface area contributed by atoms with E-state index in [0.29, 0.717) is 0 Å². The maximum Gasteiger partial charge on any atom is 0.289 e. The molecule has 0 spiro atoms. The minimum Gasteiger partial charge on any atom is -0.491 e. The number of aromatic nitrogens is 3. The van der Waals surface area contributed by atoms with Crippen LogP contribution in [0.4, 0.5) is 5.95 Å². The Kier molecular flexibility index (Phi) is 4.42. The van der Waals surface area contributed by atoms with Gasteiger partial charge in [-0.1, -0.05) is 18.2 Å². The molecular weight excluding hydrogens is 270 g/mol. The molecule has 0 aliphatic heterocycles. The Morgan fingerprint density at radius 2 is 2.05 bits per heavy atom. The molecule has 1 aromatic carbocycles. The Labute approximate surface area is 122 Å². The summed E-state index contributed by atoms with van der Waals surface area (Å²) in [5.41, 5.74) is 6.28. The van der Waals surface area contributed by atoms with Crippen LogP contribution in [0.15, 0.2) is 24.3 Å². The van der Waals surface area contributed by atoms with Crippen molar-refractivity contribution >= 4 is 11.9 Å². The van der Waals surface area contributed by atoms with Crippen molar-refractivity contribution in [2.75, 3.05) is 5.73 Å². The number of nitrogen functional groups attached to an aromatic ring is 1. The lowest BCUT2D eigenvalue weighted by molar-refractivity contribution is 0.0929. The second kappa shape index (κ2) is 6.25. The minimum atomic E-state index is -0.369. The van der Waals surface area contributed by atoms with E-state index >= 15 is 0 Å². The van der Waals surface area contributed by atoms with Crippen molar-refractivity contribution in [3.8, 4) is 5.75 Å². The number of hydrogen-bond acceptors (Lipinski definition) is 5. The molecule has 7 nitrogen and oxygen atoms in total. The van der Waals surface area contributed by atoms with E-state index in [9.17, 15) is 4.79 Å². The number of nitrogens with one attached hydrogen (secondary N) is 2. The first-order chi connectivity index (χ1) is 9.97. The van der Waals surface area contributed by atoms with Crippen LogP contribution >= 0.6 is 0 Å². The van der Waals surface area contributed by atoms with Gasteiger partial charge >= 0.3 is 0 Å². The third-order valence-corrected chi connectivity index (χ3v) is 2.81. The van der Waals surface area contributed by atoms with E-state index in [2.05, 4.69) is 20.5 Å². The number of anilines is 1. The molecule has 0 aliphatic rings. The van der Waals surface area contributed by atoms with Gasteiger partial charge in [0.1, 0.15) is 5.75 Å². The van der Waals surface area contributed by atoms with Crippen LogP contribution in [-0.2, 0) is 0 Å². The van der Waals surface area contributed by atoms with Crippen molar-refractivity contribution < 1.29 is 9.53 Å². The lowest BCUT2D eigenvalue weighted by Gasteiger charge is -2.19. The molecule has 0 saturated carbocycles. The molecule has 0 saturated heterocycles. The van der Waals surface area contributed by atoms with Gasteiger partial charge in [-0.15, -0.1) is 5.10 Å². The fraction of sp³-hybridized carbons (Fsp3) is 0.357. The van der Waals surface area contributed by atoms with E-state index in [1.807, 2.05) is 45.0 Å². The first-order valence-electron chi connectivity index (χ1n) is 6.71. The zero-order valence-electron chi connectivity index (χ0n) is 12.3. The predicted molar refractivity (Wildman–Crippen MR) is 78.9 cm³/mol. The van der Waals surface area contributed by atoms with E-state index in [-0.39, 0.29) is 29.8 Å². The number of benzene rings is 1. The van der Waals surface area contributed by atoms with Gasteiger partial charge in [-0.25, -0.2) is 0 Å². The van der Waals surface area contributed by atoms with E-state index in [1.54, 1.807) is 0 Å². The summed E-state index contributed by atoms with van der Waals surface area (Å²) in [6.07, 6.45) is 0.0584. The zero-order chi connectivity index (χ0) is 15.4. The summed E-state index contributed by atoms with van der Waals surface area (Å²) in [5, 5.41) is 8.94. The molecule has 7 heteroatoms. The average molecular weight is 289 g/mol.